The molecule has 0 spiro atoms. The van der Waals surface area contributed by atoms with Crippen LogP contribution in [0.3, 0.4) is 0 Å². The van der Waals surface area contributed by atoms with Gasteiger partial charge in [0.1, 0.15) is 11.7 Å². The fourth-order valence-electron chi connectivity index (χ4n) is 1.44. The molecule has 0 aliphatic carbocycles. The van der Waals surface area contributed by atoms with Gasteiger partial charge in [-0.15, -0.1) is 0 Å². The molecule has 1 aromatic rings. The molecule has 1 N–H and O–H groups in total. The average Bonchev–Trinajstić information content (AvgIpc) is 2.29. The Morgan fingerprint density at radius 1 is 1.53 bits per heavy atom. The normalized spacial score (nSPS) is 11.9. The highest BCUT2D eigenvalue weighted by atomic mass is 35.5. The van der Waals surface area contributed by atoms with E-state index in [9.17, 15) is 9.59 Å². The topological polar surface area (TPSA) is 70.5 Å². The maximum atomic E-state index is 11.9. The maximum Gasteiger partial charge on any atom is 0.326 e. The lowest BCUT2D eigenvalue weighted by molar-refractivity contribution is -0.142. The molecule has 0 radical (unpaired) electrons. The van der Waals surface area contributed by atoms with Crippen molar-refractivity contribution in [1.29, 1.82) is 0 Å². The van der Waals surface area contributed by atoms with Crippen LogP contribution in [0.2, 0.25) is 5.02 Å². The van der Waals surface area contributed by atoms with Crippen molar-refractivity contribution in [1.82, 2.24) is 9.88 Å². The van der Waals surface area contributed by atoms with Crippen LogP contribution in [-0.4, -0.2) is 40.0 Å². The number of aromatic nitrogens is 1. The molecule has 1 unspecified atom stereocenters. The lowest BCUT2D eigenvalue weighted by Gasteiger charge is -2.23. The number of carbonyl (C=O) groups is 2. The van der Waals surface area contributed by atoms with E-state index < -0.39 is 17.9 Å². The van der Waals surface area contributed by atoms with Gasteiger partial charge in [0, 0.05) is 13.2 Å². The molecule has 0 aromatic carbocycles. The van der Waals surface area contributed by atoms with Crippen LogP contribution in [0.5, 0.6) is 0 Å². The standard InChI is InChI=1S/C11H13ClN2O3/c1-3-9(11(16)17)14(2)10(15)8-5-4-7(12)6-13-8/h4-6,9H,3H2,1-2H3,(H,16,17). The Morgan fingerprint density at radius 3 is 2.59 bits per heavy atom. The van der Waals surface area contributed by atoms with Crippen molar-refractivity contribution in [2.45, 2.75) is 19.4 Å². The second kappa shape index (κ2) is 5.63. The van der Waals surface area contributed by atoms with Crippen LogP contribution in [0.15, 0.2) is 18.3 Å². The fraction of sp³-hybridized carbons (Fsp3) is 0.364. The molecule has 0 bridgehead atoms. The molecule has 0 aliphatic rings. The zero-order valence-corrected chi connectivity index (χ0v) is 10.3. The number of amides is 1. The predicted molar refractivity (Wildman–Crippen MR) is 63.1 cm³/mol. The lowest BCUT2D eigenvalue weighted by atomic mass is 10.2. The van der Waals surface area contributed by atoms with Crippen molar-refractivity contribution in [2.24, 2.45) is 0 Å². The molecule has 0 saturated carbocycles. The van der Waals surface area contributed by atoms with Gasteiger partial charge in [-0.3, -0.25) is 4.79 Å². The molecule has 1 aromatic heterocycles. The van der Waals surface area contributed by atoms with Crippen LogP contribution in [-0.2, 0) is 4.79 Å². The van der Waals surface area contributed by atoms with Crippen molar-refractivity contribution < 1.29 is 14.7 Å². The minimum atomic E-state index is -1.03. The third-order valence-electron chi connectivity index (χ3n) is 2.41. The van der Waals surface area contributed by atoms with Gasteiger partial charge in [-0.05, 0) is 18.6 Å². The number of pyridine rings is 1. The number of carbonyl (C=O) groups excluding carboxylic acids is 1. The molecule has 17 heavy (non-hydrogen) atoms. The Bertz CT molecular complexity index is 419. The Balaban J connectivity index is 2.89. The van der Waals surface area contributed by atoms with E-state index in [1.165, 1.54) is 30.3 Å². The summed E-state index contributed by atoms with van der Waals surface area (Å²) in [4.78, 5) is 27.9. The summed E-state index contributed by atoms with van der Waals surface area (Å²) in [6, 6.07) is 2.16. The van der Waals surface area contributed by atoms with E-state index in [1.807, 2.05) is 0 Å². The molecule has 92 valence electrons. The van der Waals surface area contributed by atoms with E-state index in [4.69, 9.17) is 16.7 Å². The molecule has 6 heteroatoms. The van der Waals surface area contributed by atoms with Crippen LogP contribution >= 0.6 is 11.6 Å². The lowest BCUT2D eigenvalue weighted by Crippen LogP contribution is -2.42. The van der Waals surface area contributed by atoms with Crippen LogP contribution in [0.25, 0.3) is 0 Å². The van der Waals surface area contributed by atoms with E-state index in [0.29, 0.717) is 11.4 Å². The number of halogens is 1. The molecule has 0 saturated heterocycles. The summed E-state index contributed by atoms with van der Waals surface area (Å²) in [5, 5.41) is 9.37. The quantitative estimate of drug-likeness (QED) is 0.890. The number of likely N-dealkylation sites (N-methyl/N-ethyl adjacent to an activating group) is 1. The SMILES string of the molecule is CCC(C(=O)O)N(C)C(=O)c1ccc(Cl)cn1. The number of carboxylic acid groups (broad SMARTS) is 1. The van der Waals surface area contributed by atoms with Crippen LogP contribution < -0.4 is 0 Å². The van der Waals surface area contributed by atoms with Crippen LogP contribution in [0, 0.1) is 0 Å². The number of hydrogen-bond donors (Lipinski definition) is 1. The molecule has 1 heterocycles. The van der Waals surface area contributed by atoms with Gasteiger partial charge in [-0.2, -0.15) is 0 Å². The van der Waals surface area contributed by atoms with Gasteiger partial charge in [-0.25, -0.2) is 9.78 Å². The van der Waals surface area contributed by atoms with Crippen LogP contribution in [0.1, 0.15) is 23.8 Å². The first kappa shape index (κ1) is 13.4. The molecule has 1 atom stereocenters. The number of rotatable bonds is 4. The summed E-state index contributed by atoms with van der Waals surface area (Å²) in [5.74, 6) is -1.46. The first-order valence-corrected chi connectivity index (χ1v) is 5.46. The zero-order valence-electron chi connectivity index (χ0n) is 9.55. The van der Waals surface area contributed by atoms with Gasteiger partial charge in [0.2, 0.25) is 0 Å². The van der Waals surface area contributed by atoms with Crippen molar-refractivity contribution >= 4 is 23.5 Å². The van der Waals surface area contributed by atoms with Crippen molar-refractivity contribution in [3.63, 3.8) is 0 Å². The Kier molecular flexibility index (Phi) is 4.45. The molecule has 1 amide bonds. The zero-order chi connectivity index (χ0) is 13.0. The Hall–Kier alpha value is -1.62. The first-order chi connectivity index (χ1) is 7.97. The third kappa shape index (κ3) is 3.17. The summed E-state index contributed by atoms with van der Waals surface area (Å²) < 4.78 is 0. The fourth-order valence-corrected chi connectivity index (χ4v) is 1.55. The highest BCUT2D eigenvalue weighted by Crippen LogP contribution is 2.10. The third-order valence-corrected chi connectivity index (χ3v) is 2.63. The van der Waals surface area contributed by atoms with Gasteiger partial charge in [0.25, 0.3) is 5.91 Å². The summed E-state index contributed by atoms with van der Waals surface area (Å²) >= 11 is 5.65. The molecule has 1 rings (SSSR count). The Morgan fingerprint density at radius 2 is 2.18 bits per heavy atom. The number of carboxylic acids is 1. The van der Waals surface area contributed by atoms with Gasteiger partial charge in [0.15, 0.2) is 0 Å². The van der Waals surface area contributed by atoms with Crippen molar-refractivity contribution in [2.75, 3.05) is 7.05 Å². The first-order valence-electron chi connectivity index (χ1n) is 5.09. The second-order valence-corrected chi connectivity index (χ2v) is 3.98. The van der Waals surface area contributed by atoms with E-state index in [1.54, 1.807) is 6.92 Å². The van der Waals surface area contributed by atoms with Crippen LogP contribution in [0.4, 0.5) is 0 Å². The highest BCUT2D eigenvalue weighted by Gasteiger charge is 2.25. The molecular weight excluding hydrogens is 244 g/mol. The Labute approximate surface area is 104 Å². The largest absolute Gasteiger partial charge is 0.480 e. The summed E-state index contributed by atoms with van der Waals surface area (Å²) in [7, 11) is 1.45. The van der Waals surface area contributed by atoms with E-state index in [-0.39, 0.29) is 5.69 Å². The van der Waals surface area contributed by atoms with Gasteiger partial charge in [-0.1, -0.05) is 18.5 Å². The minimum Gasteiger partial charge on any atom is -0.480 e. The van der Waals surface area contributed by atoms with E-state index >= 15 is 0 Å². The summed E-state index contributed by atoms with van der Waals surface area (Å²) in [6.45, 7) is 1.71. The molecule has 5 nitrogen and oxygen atoms in total. The number of aliphatic carboxylic acids is 1. The highest BCUT2D eigenvalue weighted by molar-refractivity contribution is 6.30. The molecular formula is C11H13ClN2O3. The van der Waals surface area contributed by atoms with Crippen molar-refractivity contribution in [3.05, 3.63) is 29.0 Å². The number of nitrogens with zero attached hydrogens (tertiary/aromatic N) is 2. The summed E-state index contributed by atoms with van der Waals surface area (Å²) in [6.07, 6.45) is 1.69. The van der Waals surface area contributed by atoms with Gasteiger partial charge < -0.3 is 10.0 Å². The van der Waals surface area contributed by atoms with Crippen molar-refractivity contribution in [3.8, 4) is 0 Å². The van der Waals surface area contributed by atoms with Gasteiger partial charge >= 0.3 is 5.97 Å². The molecule has 0 aliphatic heterocycles. The summed E-state index contributed by atoms with van der Waals surface area (Å²) in [5.41, 5.74) is 0.177. The van der Waals surface area contributed by atoms with E-state index in [2.05, 4.69) is 4.98 Å². The monoisotopic (exact) mass is 256 g/mol. The molecule has 0 fully saturated rings. The smallest absolute Gasteiger partial charge is 0.326 e. The van der Waals surface area contributed by atoms with Gasteiger partial charge in [0.05, 0.1) is 5.02 Å². The predicted octanol–water partition coefficient (Wildman–Crippen LogP) is 1.67. The van der Waals surface area contributed by atoms with E-state index in [0.717, 1.165) is 0 Å². The second-order valence-electron chi connectivity index (χ2n) is 3.54. The minimum absolute atomic E-state index is 0.177. The number of hydrogen-bond acceptors (Lipinski definition) is 3. The maximum absolute atomic E-state index is 11.9. The average molecular weight is 257 g/mol.